The van der Waals surface area contributed by atoms with Gasteiger partial charge in [0, 0.05) is 20.6 Å². The number of anilines is 1. The fourth-order valence-electron chi connectivity index (χ4n) is 2.61. The van der Waals surface area contributed by atoms with Crippen molar-refractivity contribution >= 4 is 33.3 Å². The molecule has 25 heavy (non-hydrogen) atoms. The third-order valence-electron chi connectivity index (χ3n) is 3.97. The van der Waals surface area contributed by atoms with Crippen LogP contribution in [0, 0.1) is 5.82 Å². The van der Waals surface area contributed by atoms with Crippen molar-refractivity contribution in [3.8, 4) is 0 Å². The summed E-state index contributed by atoms with van der Waals surface area (Å²) in [6, 6.07) is 3.16. The zero-order valence-corrected chi connectivity index (χ0v) is 15.0. The van der Waals surface area contributed by atoms with Crippen molar-refractivity contribution < 1.29 is 32.2 Å². The molecule has 0 saturated carbocycles. The van der Waals surface area contributed by atoms with Crippen LogP contribution in [0.5, 0.6) is 0 Å². The summed E-state index contributed by atoms with van der Waals surface area (Å²) in [4.78, 5) is 11.5. The first kappa shape index (κ1) is 19.6. The lowest BCUT2D eigenvalue weighted by molar-refractivity contribution is -0.178. The molecule has 0 spiro atoms. The summed E-state index contributed by atoms with van der Waals surface area (Å²) in [5.41, 5.74) is -0.413. The summed E-state index contributed by atoms with van der Waals surface area (Å²) >= 11 is 5.83. The predicted molar refractivity (Wildman–Crippen MR) is 89.4 cm³/mol. The highest BCUT2D eigenvalue weighted by Gasteiger charge is 2.43. The fourth-order valence-corrected chi connectivity index (χ4v) is 4.44. The number of benzene rings is 1. The summed E-state index contributed by atoms with van der Waals surface area (Å²) in [5.74, 6) is -3.33. The Hall–Kier alpha value is -1.68. The topological polar surface area (TPSA) is 102 Å². The van der Waals surface area contributed by atoms with Crippen LogP contribution in [-0.4, -0.2) is 44.8 Å². The monoisotopic (exact) mass is 393 g/mol. The van der Waals surface area contributed by atoms with E-state index in [1.165, 1.54) is 14.2 Å². The second-order valence-corrected chi connectivity index (χ2v) is 7.69. The zero-order chi connectivity index (χ0) is 18.8. The van der Waals surface area contributed by atoms with Gasteiger partial charge in [0.1, 0.15) is 11.1 Å². The molecule has 10 heteroatoms. The molecule has 0 fully saturated rings. The number of carbonyl (C=O) groups is 1. The summed E-state index contributed by atoms with van der Waals surface area (Å²) < 4.78 is 51.0. The molecule has 1 unspecified atom stereocenters. The van der Waals surface area contributed by atoms with Crippen LogP contribution in [0.15, 0.2) is 29.8 Å². The van der Waals surface area contributed by atoms with E-state index in [-0.39, 0.29) is 29.1 Å². The van der Waals surface area contributed by atoms with E-state index in [0.717, 1.165) is 24.3 Å². The van der Waals surface area contributed by atoms with Gasteiger partial charge in [0.25, 0.3) is 0 Å². The Morgan fingerprint density at radius 3 is 2.56 bits per heavy atom. The Morgan fingerprint density at radius 1 is 1.40 bits per heavy atom. The molecule has 7 nitrogen and oxygen atoms in total. The molecule has 0 radical (unpaired) electrons. The molecule has 0 heterocycles. The lowest BCUT2D eigenvalue weighted by Crippen LogP contribution is -2.43. The molecule has 1 aromatic rings. The number of carboxylic acid groups (broad SMARTS) is 1. The molecule has 0 saturated heterocycles. The van der Waals surface area contributed by atoms with Crippen LogP contribution in [0.2, 0.25) is 5.02 Å². The number of aliphatic carboxylic acids is 1. The molecular formula is C15H17ClFNO6S. The maximum absolute atomic E-state index is 13.1. The first-order valence-electron chi connectivity index (χ1n) is 7.17. The molecule has 138 valence electrons. The number of hydrogen-bond acceptors (Lipinski definition) is 5. The standard InChI is InChI=1S/C15H17ClFNO6S/c1-23-15(24-2)6-5-13(10(8-15)14(19)20)25(21,22)18-12-4-3-9(17)7-11(12)16/h3-4,7-8,13,18H,5-6H2,1-2H3,(H,19,20). The van der Waals surface area contributed by atoms with E-state index in [2.05, 4.69) is 4.72 Å². The smallest absolute Gasteiger partial charge is 0.332 e. The highest BCUT2D eigenvalue weighted by molar-refractivity contribution is 7.93. The van der Waals surface area contributed by atoms with Crippen LogP contribution < -0.4 is 4.72 Å². The third-order valence-corrected chi connectivity index (χ3v) is 6.03. The normalized spacial score (nSPS) is 20.0. The van der Waals surface area contributed by atoms with Crippen molar-refractivity contribution in [3.05, 3.63) is 40.7 Å². The van der Waals surface area contributed by atoms with Gasteiger partial charge in [-0.1, -0.05) is 11.6 Å². The Labute approximate surface area is 149 Å². The van der Waals surface area contributed by atoms with Gasteiger partial charge in [-0.15, -0.1) is 0 Å². The van der Waals surface area contributed by atoms with E-state index in [0.29, 0.717) is 0 Å². The van der Waals surface area contributed by atoms with Gasteiger partial charge in [-0.05, 0) is 30.7 Å². The number of halogens is 2. The Morgan fingerprint density at radius 2 is 2.04 bits per heavy atom. The second kappa shape index (κ2) is 7.28. The van der Waals surface area contributed by atoms with E-state index >= 15 is 0 Å². The van der Waals surface area contributed by atoms with E-state index in [4.69, 9.17) is 21.1 Å². The van der Waals surface area contributed by atoms with Crippen LogP contribution in [0.1, 0.15) is 12.8 Å². The van der Waals surface area contributed by atoms with Gasteiger partial charge in [0.15, 0.2) is 5.79 Å². The highest BCUT2D eigenvalue weighted by Crippen LogP contribution is 2.35. The summed E-state index contributed by atoms with van der Waals surface area (Å²) in [6.45, 7) is 0. The second-order valence-electron chi connectivity index (χ2n) is 5.42. The Kier molecular flexibility index (Phi) is 5.72. The number of nitrogens with one attached hydrogen (secondary N) is 1. The lowest BCUT2D eigenvalue weighted by atomic mass is 9.94. The average molecular weight is 394 g/mol. The highest BCUT2D eigenvalue weighted by atomic mass is 35.5. The molecule has 1 aliphatic carbocycles. The van der Waals surface area contributed by atoms with Crippen LogP contribution in [0.3, 0.4) is 0 Å². The average Bonchev–Trinajstić information content (AvgIpc) is 2.56. The van der Waals surface area contributed by atoms with Gasteiger partial charge < -0.3 is 14.6 Å². The van der Waals surface area contributed by atoms with Crippen molar-refractivity contribution in [1.82, 2.24) is 0 Å². The maximum atomic E-state index is 13.1. The van der Waals surface area contributed by atoms with E-state index in [1.54, 1.807) is 0 Å². The SMILES string of the molecule is COC1(OC)C=C(C(=O)O)C(S(=O)(=O)Nc2ccc(F)cc2Cl)CC1. The molecule has 0 bridgehead atoms. The number of rotatable bonds is 6. The number of sulfonamides is 1. The van der Waals surface area contributed by atoms with E-state index in [1.807, 2.05) is 0 Å². The van der Waals surface area contributed by atoms with Crippen molar-refractivity contribution in [2.75, 3.05) is 18.9 Å². The van der Waals surface area contributed by atoms with E-state index in [9.17, 15) is 22.7 Å². The Balaban J connectivity index is 2.39. The summed E-state index contributed by atoms with van der Waals surface area (Å²) in [7, 11) is -1.47. The summed E-state index contributed by atoms with van der Waals surface area (Å²) in [5, 5.41) is 7.93. The minimum absolute atomic E-state index is 0.0388. The minimum Gasteiger partial charge on any atom is -0.478 e. The van der Waals surface area contributed by atoms with Crippen LogP contribution in [0.25, 0.3) is 0 Å². The van der Waals surface area contributed by atoms with Gasteiger partial charge in [0.05, 0.1) is 16.3 Å². The molecule has 0 aliphatic heterocycles. The molecule has 1 aromatic carbocycles. The van der Waals surface area contributed by atoms with Crippen LogP contribution in [-0.2, 0) is 24.3 Å². The van der Waals surface area contributed by atoms with Crippen molar-refractivity contribution in [1.29, 1.82) is 0 Å². The van der Waals surface area contributed by atoms with Gasteiger partial charge in [-0.25, -0.2) is 17.6 Å². The molecule has 0 amide bonds. The van der Waals surface area contributed by atoms with Crippen LogP contribution in [0.4, 0.5) is 10.1 Å². The largest absolute Gasteiger partial charge is 0.478 e. The van der Waals surface area contributed by atoms with Crippen molar-refractivity contribution in [2.24, 2.45) is 0 Å². The van der Waals surface area contributed by atoms with E-state index < -0.39 is 32.8 Å². The predicted octanol–water partition coefficient (Wildman–Crippen LogP) is 2.38. The lowest BCUT2D eigenvalue weighted by Gasteiger charge is -2.34. The van der Waals surface area contributed by atoms with Crippen molar-refractivity contribution in [3.63, 3.8) is 0 Å². The minimum atomic E-state index is -4.15. The number of methoxy groups -OCH3 is 2. The third kappa shape index (κ3) is 4.12. The van der Waals surface area contributed by atoms with Gasteiger partial charge >= 0.3 is 5.97 Å². The maximum Gasteiger partial charge on any atom is 0.332 e. The number of ether oxygens (including phenoxy) is 2. The number of hydrogen-bond donors (Lipinski definition) is 2. The first-order valence-corrected chi connectivity index (χ1v) is 9.09. The first-order chi connectivity index (χ1) is 11.6. The zero-order valence-electron chi connectivity index (χ0n) is 13.5. The molecule has 2 rings (SSSR count). The van der Waals surface area contributed by atoms with Crippen LogP contribution >= 0.6 is 11.6 Å². The molecule has 2 N–H and O–H groups in total. The quantitative estimate of drug-likeness (QED) is 0.719. The van der Waals surface area contributed by atoms with Gasteiger partial charge in [0.2, 0.25) is 10.0 Å². The fraction of sp³-hybridized carbons (Fsp3) is 0.400. The Bertz CT molecular complexity index is 806. The molecule has 1 atom stereocenters. The molecule has 1 aliphatic rings. The van der Waals surface area contributed by atoms with Crippen molar-refractivity contribution in [2.45, 2.75) is 23.9 Å². The molecule has 0 aromatic heterocycles. The molecular weight excluding hydrogens is 377 g/mol. The van der Waals surface area contributed by atoms with Gasteiger partial charge in [-0.3, -0.25) is 4.72 Å². The summed E-state index contributed by atoms with van der Waals surface area (Å²) in [6.07, 6.45) is 1.24. The number of carboxylic acids is 1. The van der Waals surface area contributed by atoms with Gasteiger partial charge in [-0.2, -0.15) is 0 Å².